The second kappa shape index (κ2) is 6.73. The summed E-state index contributed by atoms with van der Waals surface area (Å²) in [6, 6.07) is 8.75. The van der Waals surface area contributed by atoms with Crippen LogP contribution in [0.4, 0.5) is 0 Å². The van der Waals surface area contributed by atoms with Crippen LogP contribution in [0.3, 0.4) is 0 Å². The van der Waals surface area contributed by atoms with Crippen molar-refractivity contribution in [2.24, 2.45) is 11.3 Å². The predicted molar refractivity (Wildman–Crippen MR) is 91.6 cm³/mol. The molecule has 0 saturated heterocycles. The van der Waals surface area contributed by atoms with E-state index in [-0.39, 0.29) is 0 Å². The average Bonchev–Trinajstić information content (AvgIpc) is 2.79. The van der Waals surface area contributed by atoms with Gasteiger partial charge < -0.3 is 5.32 Å². The van der Waals surface area contributed by atoms with Crippen molar-refractivity contribution in [3.05, 3.63) is 35.2 Å². The van der Waals surface area contributed by atoms with Gasteiger partial charge in [-0.2, -0.15) is 0 Å². The summed E-state index contributed by atoms with van der Waals surface area (Å²) in [6.07, 6.45) is 2.42. The topological polar surface area (TPSA) is 12.0 Å². The van der Waals surface area contributed by atoms with Crippen LogP contribution < -0.4 is 5.32 Å². The van der Waals surface area contributed by atoms with Crippen molar-refractivity contribution in [3.63, 3.8) is 0 Å². The molecule has 0 radical (unpaired) electrons. The van der Waals surface area contributed by atoms with E-state index in [2.05, 4.69) is 62.7 Å². The molecule has 0 aliphatic rings. The first-order valence-electron chi connectivity index (χ1n) is 7.64. The van der Waals surface area contributed by atoms with E-state index in [1.165, 1.54) is 28.5 Å². The summed E-state index contributed by atoms with van der Waals surface area (Å²) in [4.78, 5) is 0. The number of nitrogens with one attached hydrogen (secondary N) is 1. The molecule has 1 nitrogen and oxygen atoms in total. The summed E-state index contributed by atoms with van der Waals surface area (Å²) in [5, 5.41) is 7.38. The SMILES string of the molecule is CC(C)CNCC(C)(C)CCc1csc2ccccc12. The third-order valence-electron chi connectivity index (χ3n) is 3.79. The summed E-state index contributed by atoms with van der Waals surface area (Å²) in [5.41, 5.74) is 1.88. The minimum atomic E-state index is 0.359. The fourth-order valence-electron chi connectivity index (χ4n) is 2.49. The molecule has 110 valence electrons. The van der Waals surface area contributed by atoms with Gasteiger partial charge in [-0.1, -0.05) is 45.9 Å². The zero-order valence-corrected chi connectivity index (χ0v) is 14.0. The first kappa shape index (κ1) is 15.5. The Hall–Kier alpha value is -0.860. The van der Waals surface area contributed by atoms with Gasteiger partial charge in [0.1, 0.15) is 0 Å². The molecular formula is C18H27NS. The number of hydrogen-bond donors (Lipinski definition) is 1. The molecule has 1 N–H and O–H groups in total. The largest absolute Gasteiger partial charge is 0.316 e. The van der Waals surface area contributed by atoms with Crippen molar-refractivity contribution in [2.45, 2.75) is 40.5 Å². The van der Waals surface area contributed by atoms with Crippen LogP contribution in [0.1, 0.15) is 39.7 Å². The Kier molecular flexibility index (Phi) is 5.22. The zero-order valence-electron chi connectivity index (χ0n) is 13.2. The number of hydrogen-bond acceptors (Lipinski definition) is 2. The molecule has 0 amide bonds. The highest BCUT2D eigenvalue weighted by atomic mass is 32.1. The van der Waals surface area contributed by atoms with E-state index in [0.29, 0.717) is 5.41 Å². The maximum atomic E-state index is 3.59. The summed E-state index contributed by atoms with van der Waals surface area (Å²) >= 11 is 1.87. The molecule has 1 aromatic heterocycles. The van der Waals surface area contributed by atoms with Crippen molar-refractivity contribution in [3.8, 4) is 0 Å². The Morgan fingerprint density at radius 1 is 1.20 bits per heavy atom. The molecule has 0 unspecified atom stereocenters. The van der Waals surface area contributed by atoms with Gasteiger partial charge in [0.25, 0.3) is 0 Å². The van der Waals surface area contributed by atoms with E-state index in [9.17, 15) is 0 Å². The van der Waals surface area contributed by atoms with Crippen molar-refractivity contribution in [1.82, 2.24) is 5.32 Å². The Bertz CT molecular complexity index is 539. The lowest BCUT2D eigenvalue weighted by Crippen LogP contribution is -2.32. The predicted octanol–water partition coefficient (Wildman–Crippen LogP) is 5.11. The molecule has 0 bridgehead atoms. The number of rotatable bonds is 7. The molecule has 20 heavy (non-hydrogen) atoms. The van der Waals surface area contributed by atoms with E-state index in [1.807, 2.05) is 11.3 Å². The maximum Gasteiger partial charge on any atom is 0.0345 e. The maximum absolute atomic E-state index is 3.59. The van der Waals surface area contributed by atoms with Crippen LogP contribution >= 0.6 is 11.3 Å². The second-order valence-corrected chi connectivity index (χ2v) is 7.86. The first-order valence-corrected chi connectivity index (χ1v) is 8.52. The van der Waals surface area contributed by atoms with E-state index < -0.39 is 0 Å². The molecule has 1 heterocycles. The lowest BCUT2D eigenvalue weighted by Gasteiger charge is -2.25. The third kappa shape index (κ3) is 4.32. The quantitative estimate of drug-likeness (QED) is 0.747. The highest BCUT2D eigenvalue weighted by molar-refractivity contribution is 7.17. The molecule has 2 heteroatoms. The molecular weight excluding hydrogens is 262 g/mol. The number of thiophene rings is 1. The Morgan fingerprint density at radius 3 is 2.70 bits per heavy atom. The van der Waals surface area contributed by atoms with Gasteiger partial charge in [-0.25, -0.2) is 0 Å². The van der Waals surface area contributed by atoms with Crippen LogP contribution in [-0.4, -0.2) is 13.1 Å². The van der Waals surface area contributed by atoms with Gasteiger partial charge in [0.15, 0.2) is 0 Å². The Labute approximate surface area is 127 Å². The van der Waals surface area contributed by atoms with Crippen molar-refractivity contribution in [1.29, 1.82) is 0 Å². The lowest BCUT2D eigenvalue weighted by atomic mass is 9.86. The van der Waals surface area contributed by atoms with E-state index in [1.54, 1.807) is 0 Å². The molecule has 0 spiro atoms. The van der Waals surface area contributed by atoms with Gasteiger partial charge in [-0.15, -0.1) is 11.3 Å². The fraction of sp³-hybridized carbons (Fsp3) is 0.556. The molecule has 2 aromatic rings. The van der Waals surface area contributed by atoms with Crippen LogP contribution in [0, 0.1) is 11.3 Å². The third-order valence-corrected chi connectivity index (χ3v) is 4.80. The van der Waals surface area contributed by atoms with Gasteiger partial charge in [0.2, 0.25) is 0 Å². The molecule has 0 aliphatic carbocycles. The molecule has 0 atom stereocenters. The van der Waals surface area contributed by atoms with Gasteiger partial charge >= 0.3 is 0 Å². The van der Waals surface area contributed by atoms with E-state index in [0.717, 1.165) is 19.0 Å². The first-order chi connectivity index (χ1) is 9.48. The second-order valence-electron chi connectivity index (χ2n) is 6.95. The summed E-state index contributed by atoms with van der Waals surface area (Å²) < 4.78 is 1.42. The van der Waals surface area contributed by atoms with Crippen LogP contribution in [0.5, 0.6) is 0 Å². The minimum Gasteiger partial charge on any atom is -0.316 e. The summed E-state index contributed by atoms with van der Waals surface area (Å²) in [5.74, 6) is 0.728. The number of fused-ring (bicyclic) bond motifs is 1. The number of benzene rings is 1. The van der Waals surface area contributed by atoms with Gasteiger partial charge in [-0.3, -0.25) is 0 Å². The van der Waals surface area contributed by atoms with Crippen LogP contribution in [-0.2, 0) is 6.42 Å². The Balaban J connectivity index is 1.90. The smallest absolute Gasteiger partial charge is 0.0345 e. The zero-order chi connectivity index (χ0) is 14.6. The highest BCUT2D eigenvalue weighted by Gasteiger charge is 2.18. The summed E-state index contributed by atoms with van der Waals surface area (Å²) in [6.45, 7) is 11.5. The van der Waals surface area contributed by atoms with Gasteiger partial charge in [-0.05, 0) is 53.1 Å². The van der Waals surface area contributed by atoms with Crippen LogP contribution in [0.15, 0.2) is 29.6 Å². The van der Waals surface area contributed by atoms with Crippen molar-refractivity contribution in [2.75, 3.05) is 13.1 Å². The molecule has 2 rings (SSSR count). The average molecular weight is 289 g/mol. The van der Waals surface area contributed by atoms with E-state index in [4.69, 9.17) is 0 Å². The Morgan fingerprint density at radius 2 is 1.95 bits per heavy atom. The van der Waals surface area contributed by atoms with E-state index >= 15 is 0 Å². The number of aryl methyl sites for hydroxylation is 1. The monoisotopic (exact) mass is 289 g/mol. The fourth-order valence-corrected chi connectivity index (χ4v) is 3.48. The van der Waals surface area contributed by atoms with Gasteiger partial charge in [0.05, 0.1) is 0 Å². The van der Waals surface area contributed by atoms with Crippen molar-refractivity contribution < 1.29 is 0 Å². The van der Waals surface area contributed by atoms with Crippen molar-refractivity contribution >= 4 is 21.4 Å². The summed E-state index contributed by atoms with van der Waals surface area (Å²) in [7, 11) is 0. The normalized spacial score (nSPS) is 12.4. The standard InChI is InChI=1S/C18H27NS/c1-14(2)11-19-13-18(3,4)10-9-15-12-20-17-8-6-5-7-16(15)17/h5-8,12,14,19H,9-11,13H2,1-4H3. The van der Waals surface area contributed by atoms with Crippen LogP contribution in [0.25, 0.3) is 10.1 Å². The molecule has 0 aliphatic heterocycles. The minimum absolute atomic E-state index is 0.359. The van der Waals surface area contributed by atoms with Gasteiger partial charge in [0, 0.05) is 11.2 Å². The molecule has 0 saturated carbocycles. The van der Waals surface area contributed by atoms with Crippen LogP contribution in [0.2, 0.25) is 0 Å². The lowest BCUT2D eigenvalue weighted by molar-refractivity contribution is 0.309. The highest BCUT2D eigenvalue weighted by Crippen LogP contribution is 2.29. The molecule has 1 aromatic carbocycles. The molecule has 0 fully saturated rings.